The first-order valence-corrected chi connectivity index (χ1v) is 8.00. The maximum absolute atomic E-state index is 6.16. The zero-order valence-corrected chi connectivity index (χ0v) is 14.1. The maximum Gasteiger partial charge on any atom is 0.0734 e. The lowest BCUT2D eigenvalue weighted by atomic mass is 9.99. The summed E-state index contributed by atoms with van der Waals surface area (Å²) in [5.41, 5.74) is 4.51. The average Bonchev–Trinajstić information content (AvgIpc) is 2.53. The predicted octanol–water partition coefficient (Wildman–Crippen LogP) is 7.09. The molecule has 3 rings (SSSR count). The second kappa shape index (κ2) is 6.23. The van der Waals surface area contributed by atoms with Gasteiger partial charge in [-0.25, -0.2) is 0 Å². The quantitative estimate of drug-likeness (QED) is 0.418. The Labute approximate surface area is 142 Å². The zero-order chi connectivity index (χ0) is 14.8. The normalized spacial score (nSPS) is 10.6. The maximum atomic E-state index is 6.16. The van der Waals surface area contributed by atoms with E-state index in [9.17, 15) is 0 Å². The zero-order valence-electron chi connectivity index (χ0n) is 11.0. The summed E-state index contributed by atoms with van der Waals surface area (Å²) in [6.45, 7) is 0. The Morgan fingerprint density at radius 3 is 1.90 bits per heavy atom. The summed E-state index contributed by atoms with van der Waals surface area (Å²) in [5.74, 6) is 0. The Bertz CT molecular complexity index is 759. The molecule has 0 heterocycles. The highest BCUT2D eigenvalue weighted by Crippen LogP contribution is 2.36. The first-order chi connectivity index (χ1) is 10.1. The van der Waals surface area contributed by atoms with Gasteiger partial charge >= 0.3 is 0 Å². The molecule has 3 aromatic rings. The van der Waals surface area contributed by atoms with Crippen LogP contribution in [0.2, 0.25) is 10.0 Å². The van der Waals surface area contributed by atoms with Crippen molar-refractivity contribution >= 4 is 39.1 Å². The van der Waals surface area contributed by atoms with Crippen molar-refractivity contribution in [2.45, 2.75) is 0 Å². The van der Waals surface area contributed by atoms with Gasteiger partial charge in [0.15, 0.2) is 0 Å². The van der Waals surface area contributed by atoms with Crippen LogP contribution in [0.15, 0.2) is 71.2 Å². The van der Waals surface area contributed by atoms with Gasteiger partial charge in [0.05, 0.1) is 10.0 Å². The topological polar surface area (TPSA) is 0 Å². The van der Waals surface area contributed by atoms with Crippen LogP contribution >= 0.6 is 39.1 Å². The fraction of sp³-hybridized carbons (Fsp3) is 0. The molecule has 0 spiro atoms. The molecule has 104 valence electrons. The molecule has 0 unspecified atom stereocenters. The van der Waals surface area contributed by atoms with E-state index in [2.05, 4.69) is 46.3 Å². The van der Waals surface area contributed by atoms with Crippen LogP contribution in [0.1, 0.15) is 0 Å². The summed E-state index contributed by atoms with van der Waals surface area (Å²) in [6.07, 6.45) is 0. The molecule has 3 aromatic carbocycles. The van der Waals surface area contributed by atoms with Crippen LogP contribution in [-0.2, 0) is 0 Å². The van der Waals surface area contributed by atoms with E-state index in [4.69, 9.17) is 23.2 Å². The third-order valence-corrected chi connectivity index (χ3v) is 4.94. The lowest BCUT2D eigenvalue weighted by molar-refractivity contribution is 1.57. The minimum atomic E-state index is 0.541. The van der Waals surface area contributed by atoms with Crippen LogP contribution < -0.4 is 0 Å². The molecular weight excluding hydrogens is 367 g/mol. The van der Waals surface area contributed by atoms with E-state index in [1.54, 1.807) is 0 Å². The highest BCUT2D eigenvalue weighted by Gasteiger charge is 2.08. The van der Waals surface area contributed by atoms with Crippen molar-refractivity contribution in [3.8, 4) is 22.3 Å². The highest BCUT2D eigenvalue weighted by molar-refractivity contribution is 9.10. The summed E-state index contributed by atoms with van der Waals surface area (Å²) in [7, 11) is 0. The minimum absolute atomic E-state index is 0.541. The summed E-state index contributed by atoms with van der Waals surface area (Å²) in [5, 5.41) is 1.09. The van der Waals surface area contributed by atoms with Gasteiger partial charge in [0.2, 0.25) is 0 Å². The summed E-state index contributed by atoms with van der Waals surface area (Å²) in [6, 6.07) is 22.5. The molecule has 0 nitrogen and oxygen atoms in total. The Kier molecular flexibility index (Phi) is 4.34. The summed E-state index contributed by atoms with van der Waals surface area (Å²) in [4.78, 5) is 0. The minimum Gasteiger partial charge on any atom is -0.0826 e. The molecule has 0 radical (unpaired) electrons. The first-order valence-electron chi connectivity index (χ1n) is 6.45. The molecule has 0 atom stereocenters. The van der Waals surface area contributed by atoms with Crippen molar-refractivity contribution in [3.63, 3.8) is 0 Å². The van der Waals surface area contributed by atoms with Crippen molar-refractivity contribution in [1.82, 2.24) is 0 Å². The third-order valence-electron chi connectivity index (χ3n) is 3.29. The SMILES string of the molecule is Clc1cc(-c2cccc(-c3ccccc3)c2)cc(Br)c1Cl. The Balaban J connectivity index is 2.08. The van der Waals surface area contributed by atoms with Crippen molar-refractivity contribution in [2.24, 2.45) is 0 Å². The largest absolute Gasteiger partial charge is 0.0826 e. The van der Waals surface area contributed by atoms with Crippen molar-refractivity contribution < 1.29 is 0 Å². The highest BCUT2D eigenvalue weighted by atomic mass is 79.9. The van der Waals surface area contributed by atoms with E-state index in [1.165, 1.54) is 11.1 Å². The second-order valence-electron chi connectivity index (χ2n) is 4.70. The molecule has 0 aliphatic rings. The lowest BCUT2D eigenvalue weighted by Crippen LogP contribution is -1.83. The molecule has 0 bridgehead atoms. The van der Waals surface area contributed by atoms with Gasteiger partial charge in [-0.05, 0) is 56.4 Å². The van der Waals surface area contributed by atoms with Gasteiger partial charge in [-0.3, -0.25) is 0 Å². The van der Waals surface area contributed by atoms with Crippen LogP contribution in [0.3, 0.4) is 0 Å². The standard InChI is InChI=1S/C18H11BrCl2/c19-16-10-15(11-17(20)18(16)21)14-8-4-7-13(9-14)12-5-2-1-3-6-12/h1-11H. The molecule has 0 saturated carbocycles. The molecule has 0 N–H and O–H groups in total. The molecule has 0 saturated heterocycles. The monoisotopic (exact) mass is 376 g/mol. The number of hydrogen-bond donors (Lipinski definition) is 0. The van der Waals surface area contributed by atoms with Crippen LogP contribution in [0.5, 0.6) is 0 Å². The Hall–Kier alpha value is -1.28. The van der Waals surface area contributed by atoms with Crippen LogP contribution in [-0.4, -0.2) is 0 Å². The predicted molar refractivity (Wildman–Crippen MR) is 95.0 cm³/mol. The van der Waals surface area contributed by atoms with E-state index >= 15 is 0 Å². The number of halogens is 3. The van der Waals surface area contributed by atoms with Crippen LogP contribution in [0, 0.1) is 0 Å². The van der Waals surface area contributed by atoms with Crippen molar-refractivity contribution in [3.05, 3.63) is 81.2 Å². The van der Waals surface area contributed by atoms with E-state index < -0.39 is 0 Å². The fourth-order valence-corrected chi connectivity index (χ4v) is 3.13. The van der Waals surface area contributed by atoms with Crippen molar-refractivity contribution in [1.29, 1.82) is 0 Å². The van der Waals surface area contributed by atoms with Gasteiger partial charge in [-0.1, -0.05) is 71.7 Å². The van der Waals surface area contributed by atoms with Crippen LogP contribution in [0.4, 0.5) is 0 Å². The second-order valence-corrected chi connectivity index (χ2v) is 6.34. The number of rotatable bonds is 2. The van der Waals surface area contributed by atoms with Gasteiger partial charge in [0, 0.05) is 4.47 Å². The van der Waals surface area contributed by atoms with Crippen LogP contribution in [0.25, 0.3) is 22.3 Å². The summed E-state index contributed by atoms with van der Waals surface area (Å²) < 4.78 is 0.803. The summed E-state index contributed by atoms with van der Waals surface area (Å²) >= 11 is 15.7. The van der Waals surface area contributed by atoms with E-state index in [-0.39, 0.29) is 0 Å². The molecule has 0 aliphatic carbocycles. The van der Waals surface area contributed by atoms with Gasteiger partial charge in [0.1, 0.15) is 0 Å². The molecule has 0 aromatic heterocycles. The molecule has 0 aliphatic heterocycles. The van der Waals surface area contributed by atoms with Gasteiger partial charge in [-0.15, -0.1) is 0 Å². The van der Waals surface area contributed by atoms with Gasteiger partial charge < -0.3 is 0 Å². The van der Waals surface area contributed by atoms with Gasteiger partial charge in [0.25, 0.3) is 0 Å². The average molecular weight is 378 g/mol. The van der Waals surface area contributed by atoms with Gasteiger partial charge in [-0.2, -0.15) is 0 Å². The molecular formula is C18H11BrCl2. The van der Waals surface area contributed by atoms with E-state index in [1.807, 2.05) is 36.4 Å². The van der Waals surface area contributed by atoms with E-state index in [0.717, 1.165) is 15.6 Å². The molecule has 0 fully saturated rings. The molecule has 3 heteroatoms. The Morgan fingerprint density at radius 2 is 1.24 bits per heavy atom. The fourth-order valence-electron chi connectivity index (χ4n) is 2.23. The lowest BCUT2D eigenvalue weighted by Gasteiger charge is -2.08. The molecule has 21 heavy (non-hydrogen) atoms. The first kappa shape index (κ1) is 14.6. The number of benzene rings is 3. The third kappa shape index (κ3) is 3.16. The molecule has 0 amide bonds. The number of hydrogen-bond acceptors (Lipinski definition) is 0. The van der Waals surface area contributed by atoms with Crippen molar-refractivity contribution in [2.75, 3.05) is 0 Å². The van der Waals surface area contributed by atoms with E-state index in [0.29, 0.717) is 10.0 Å². The Morgan fingerprint density at radius 1 is 0.619 bits per heavy atom. The smallest absolute Gasteiger partial charge is 0.0734 e.